The molecule has 1 atom stereocenters. The molecule has 2 nitrogen and oxygen atoms in total. The normalized spacial score (nSPS) is 30.7. The van der Waals surface area contributed by atoms with Crippen LogP contribution >= 0.6 is 0 Å². The lowest BCUT2D eigenvalue weighted by molar-refractivity contribution is 0.516. The van der Waals surface area contributed by atoms with E-state index in [1.165, 1.54) is 13.0 Å². The van der Waals surface area contributed by atoms with Crippen molar-refractivity contribution in [2.45, 2.75) is 18.1 Å². The predicted octanol–water partition coefficient (Wildman–Crippen LogP) is 1.56. The average Bonchev–Trinajstić information content (AvgIpc) is 1.87. The van der Waals surface area contributed by atoms with Crippen molar-refractivity contribution in [3.05, 3.63) is 24.3 Å². The molecule has 0 amide bonds. The van der Waals surface area contributed by atoms with E-state index in [1.807, 2.05) is 0 Å². The summed E-state index contributed by atoms with van der Waals surface area (Å²) in [4.78, 5) is 0. The van der Waals surface area contributed by atoms with Crippen LogP contribution < -0.4 is 0 Å². The van der Waals surface area contributed by atoms with Crippen LogP contribution in [0.2, 0.25) is 0 Å². The van der Waals surface area contributed by atoms with Gasteiger partial charge in [0, 0.05) is 0 Å². The molecule has 1 rings (SSSR count). The van der Waals surface area contributed by atoms with Gasteiger partial charge in [-0.15, -0.1) is 3.89 Å². The summed E-state index contributed by atoms with van der Waals surface area (Å²) in [5.74, 6) is 0. The lowest BCUT2D eigenvalue weighted by atomic mass is 10.0. The lowest BCUT2D eigenvalue weighted by Crippen LogP contribution is -2.30. The van der Waals surface area contributed by atoms with Gasteiger partial charge in [-0.3, -0.25) is 0 Å². The quantitative estimate of drug-likeness (QED) is 0.568. The second-order valence-corrected chi connectivity index (χ2v) is 4.55. The van der Waals surface area contributed by atoms with Gasteiger partial charge in [-0.1, -0.05) is 24.3 Å². The van der Waals surface area contributed by atoms with Gasteiger partial charge < -0.3 is 0 Å². The van der Waals surface area contributed by atoms with Gasteiger partial charge in [0.05, 0.1) is 0 Å². The van der Waals surface area contributed by atoms with Crippen LogP contribution in [-0.4, -0.2) is 13.2 Å². The van der Waals surface area contributed by atoms with Crippen LogP contribution in [0, 0.1) is 0 Å². The smallest absolute Gasteiger partial charge is 0.194 e. The van der Waals surface area contributed by atoms with Crippen LogP contribution in [0.1, 0.15) is 13.3 Å². The Hall–Kier alpha value is -0.640. The molecular formula is C7H9FO2S. The molecule has 0 heterocycles. The van der Waals surface area contributed by atoms with Gasteiger partial charge in [0.1, 0.15) is 4.75 Å². The molecule has 0 bridgehead atoms. The predicted molar refractivity (Wildman–Crippen MR) is 41.3 cm³/mol. The number of hydrogen-bond acceptors (Lipinski definition) is 2. The van der Waals surface area contributed by atoms with Crippen molar-refractivity contribution in [1.29, 1.82) is 0 Å². The Morgan fingerprint density at radius 1 is 1.45 bits per heavy atom. The zero-order chi connectivity index (χ0) is 8.54. The fraction of sp³-hybridized carbons (Fsp3) is 0.429. The van der Waals surface area contributed by atoms with Crippen molar-refractivity contribution in [3.63, 3.8) is 0 Å². The Balaban J connectivity index is 3.04. The molecule has 1 aliphatic carbocycles. The summed E-state index contributed by atoms with van der Waals surface area (Å²) >= 11 is 0. The van der Waals surface area contributed by atoms with Gasteiger partial charge in [-0.05, 0) is 13.3 Å². The van der Waals surface area contributed by atoms with Crippen LogP contribution in [0.3, 0.4) is 0 Å². The van der Waals surface area contributed by atoms with E-state index in [1.54, 1.807) is 18.2 Å². The third-order valence-corrected chi connectivity index (χ3v) is 3.19. The van der Waals surface area contributed by atoms with Crippen molar-refractivity contribution in [2.75, 3.05) is 0 Å². The Morgan fingerprint density at radius 2 is 2.09 bits per heavy atom. The Labute approximate surface area is 65.6 Å². The summed E-state index contributed by atoms with van der Waals surface area (Å²) in [5.41, 5.74) is 0. The van der Waals surface area contributed by atoms with E-state index in [4.69, 9.17) is 0 Å². The molecule has 4 heteroatoms. The van der Waals surface area contributed by atoms with E-state index < -0.39 is 15.0 Å². The largest absolute Gasteiger partial charge is 0.311 e. The zero-order valence-electron chi connectivity index (χ0n) is 6.12. The molecule has 0 fully saturated rings. The number of rotatable bonds is 1. The summed E-state index contributed by atoms with van der Waals surface area (Å²) in [5, 5.41) is 0. The van der Waals surface area contributed by atoms with Crippen LogP contribution in [0.4, 0.5) is 3.89 Å². The number of hydrogen-bond donors (Lipinski definition) is 0. The van der Waals surface area contributed by atoms with Crippen molar-refractivity contribution in [3.8, 4) is 0 Å². The van der Waals surface area contributed by atoms with Gasteiger partial charge in [-0.2, -0.15) is 8.42 Å². The SMILES string of the molecule is CC1(S(=O)(=O)F)C=CC=CC1. The Bertz CT molecular complexity index is 302. The third-order valence-electron chi connectivity index (χ3n) is 1.78. The molecular weight excluding hydrogens is 167 g/mol. The van der Waals surface area contributed by atoms with Gasteiger partial charge >= 0.3 is 10.2 Å². The minimum atomic E-state index is -4.46. The topological polar surface area (TPSA) is 34.1 Å². The highest BCUT2D eigenvalue weighted by Crippen LogP contribution is 2.27. The minimum Gasteiger partial charge on any atom is -0.194 e. The van der Waals surface area contributed by atoms with Gasteiger partial charge in [0.2, 0.25) is 0 Å². The fourth-order valence-electron chi connectivity index (χ4n) is 0.889. The second-order valence-electron chi connectivity index (χ2n) is 2.74. The van der Waals surface area contributed by atoms with E-state index in [2.05, 4.69) is 0 Å². The summed E-state index contributed by atoms with van der Waals surface area (Å²) in [6.45, 7) is 1.36. The van der Waals surface area contributed by atoms with Crippen LogP contribution in [0.5, 0.6) is 0 Å². The van der Waals surface area contributed by atoms with E-state index in [0.29, 0.717) is 0 Å². The number of halogens is 1. The maximum absolute atomic E-state index is 12.5. The Morgan fingerprint density at radius 3 is 2.36 bits per heavy atom. The molecule has 0 aliphatic heterocycles. The summed E-state index contributed by atoms with van der Waals surface area (Å²) in [6, 6.07) is 0. The maximum Gasteiger partial charge on any atom is 0.311 e. The number of allylic oxidation sites excluding steroid dienone is 3. The summed E-state index contributed by atoms with van der Waals surface area (Å²) < 4.78 is 32.3. The van der Waals surface area contributed by atoms with Crippen molar-refractivity contribution in [2.24, 2.45) is 0 Å². The molecule has 0 radical (unpaired) electrons. The highest BCUT2D eigenvalue weighted by Gasteiger charge is 2.36. The highest BCUT2D eigenvalue weighted by atomic mass is 32.3. The first-order chi connectivity index (χ1) is 4.96. The first kappa shape index (κ1) is 8.46. The first-order valence-corrected chi connectivity index (χ1v) is 4.63. The van der Waals surface area contributed by atoms with Crippen LogP contribution in [0.25, 0.3) is 0 Å². The van der Waals surface area contributed by atoms with E-state index in [-0.39, 0.29) is 6.42 Å². The summed E-state index contributed by atoms with van der Waals surface area (Å²) in [6.07, 6.45) is 6.45. The first-order valence-electron chi connectivity index (χ1n) is 3.24. The summed E-state index contributed by atoms with van der Waals surface area (Å²) in [7, 11) is -4.46. The van der Waals surface area contributed by atoms with Crippen LogP contribution in [0.15, 0.2) is 24.3 Å². The molecule has 0 aromatic rings. The van der Waals surface area contributed by atoms with E-state index in [0.717, 1.165) is 0 Å². The average molecular weight is 176 g/mol. The van der Waals surface area contributed by atoms with Gasteiger partial charge in [0.15, 0.2) is 0 Å². The Kier molecular flexibility index (Phi) is 1.88. The molecule has 0 aromatic carbocycles. The highest BCUT2D eigenvalue weighted by molar-refractivity contribution is 7.88. The molecule has 1 aliphatic rings. The van der Waals surface area contributed by atoms with Crippen molar-refractivity contribution in [1.82, 2.24) is 0 Å². The third kappa shape index (κ3) is 1.50. The van der Waals surface area contributed by atoms with E-state index >= 15 is 0 Å². The van der Waals surface area contributed by atoms with Crippen LogP contribution in [-0.2, 0) is 10.2 Å². The monoisotopic (exact) mass is 176 g/mol. The zero-order valence-corrected chi connectivity index (χ0v) is 6.94. The van der Waals surface area contributed by atoms with Gasteiger partial charge in [0.25, 0.3) is 0 Å². The van der Waals surface area contributed by atoms with E-state index in [9.17, 15) is 12.3 Å². The van der Waals surface area contributed by atoms with Gasteiger partial charge in [-0.25, -0.2) is 0 Å². The molecule has 0 saturated heterocycles. The molecule has 0 aromatic heterocycles. The second kappa shape index (κ2) is 2.44. The molecule has 11 heavy (non-hydrogen) atoms. The molecule has 0 saturated carbocycles. The fourth-order valence-corrected chi connectivity index (χ4v) is 1.42. The standard InChI is InChI=1S/C7H9FO2S/c1-7(11(8,9)10)5-3-2-4-6-7/h2-5H,6H2,1H3. The molecule has 62 valence electrons. The minimum absolute atomic E-state index is 0.211. The molecule has 1 unspecified atom stereocenters. The lowest BCUT2D eigenvalue weighted by Gasteiger charge is -2.20. The molecule has 0 N–H and O–H groups in total. The van der Waals surface area contributed by atoms with Crippen molar-refractivity contribution >= 4 is 10.2 Å². The van der Waals surface area contributed by atoms with Crippen molar-refractivity contribution < 1.29 is 12.3 Å². The maximum atomic E-state index is 12.5. The molecule has 0 spiro atoms.